The molecular formula is C26H40O6. The molecule has 2 rings (SSSR count). The van der Waals surface area contributed by atoms with Crippen LogP contribution in [0.15, 0.2) is 24.3 Å². The molecule has 0 saturated heterocycles. The van der Waals surface area contributed by atoms with E-state index in [-0.39, 0.29) is 6.10 Å². The van der Waals surface area contributed by atoms with Crippen molar-refractivity contribution in [3.63, 3.8) is 0 Å². The number of unbranched alkanes of at least 4 members (excludes halogenated alkanes) is 3. The van der Waals surface area contributed by atoms with Crippen LogP contribution in [-0.2, 0) is 26.0 Å². The van der Waals surface area contributed by atoms with Gasteiger partial charge in [-0.1, -0.05) is 83.3 Å². The van der Waals surface area contributed by atoms with E-state index in [2.05, 4.69) is 21.7 Å². The maximum absolute atomic E-state index is 12.1. The minimum Gasteiger partial charge on any atom is -0.429 e. The summed E-state index contributed by atoms with van der Waals surface area (Å²) in [6.45, 7) is 2.19. The third-order valence-corrected chi connectivity index (χ3v) is 6.04. The van der Waals surface area contributed by atoms with Gasteiger partial charge in [0.05, 0.1) is 10.6 Å². The first-order valence-electron chi connectivity index (χ1n) is 12.5. The highest BCUT2D eigenvalue weighted by atomic mass is 17.5. The average molecular weight is 449 g/mol. The first kappa shape index (κ1) is 26.2. The third kappa shape index (κ3) is 11.5. The number of aryl methyl sites for hydroxylation is 1. The number of hydrogen-bond donors (Lipinski definition) is 0. The Labute approximate surface area is 192 Å². The van der Waals surface area contributed by atoms with Crippen molar-refractivity contribution in [2.45, 2.75) is 116 Å². The lowest BCUT2D eigenvalue weighted by Crippen LogP contribution is -2.20. The second-order valence-electron chi connectivity index (χ2n) is 8.78. The summed E-state index contributed by atoms with van der Waals surface area (Å²) < 4.78 is 5.38. The van der Waals surface area contributed by atoms with Crippen molar-refractivity contribution in [2.24, 2.45) is 0 Å². The Kier molecular flexibility index (Phi) is 13.5. The van der Waals surface area contributed by atoms with Gasteiger partial charge in [-0.25, -0.2) is 14.5 Å². The van der Waals surface area contributed by atoms with Gasteiger partial charge in [-0.3, -0.25) is 4.89 Å². The molecule has 6 heteroatoms. The smallest absolute Gasteiger partial charge is 0.429 e. The number of ether oxygens (including phenoxy) is 1. The number of benzene rings is 1. The summed E-state index contributed by atoms with van der Waals surface area (Å²) in [5.74, 6) is -0.721. The predicted octanol–water partition coefficient (Wildman–Crippen LogP) is 7.64. The van der Waals surface area contributed by atoms with Gasteiger partial charge in [0.1, 0.15) is 6.10 Å². The summed E-state index contributed by atoms with van der Waals surface area (Å²) in [5, 5.41) is 4.39. The SMILES string of the molecule is CCCCCCc1ccc(C(=O)OOOC(=O)OC2CCCCCCCCCCC2)cc1. The molecule has 32 heavy (non-hydrogen) atoms. The van der Waals surface area contributed by atoms with Gasteiger partial charge in [0.25, 0.3) is 0 Å². The van der Waals surface area contributed by atoms with Crippen LogP contribution in [0.5, 0.6) is 0 Å². The minimum atomic E-state index is -0.975. The Balaban J connectivity index is 1.66. The fourth-order valence-electron chi connectivity index (χ4n) is 4.09. The number of carbonyl (C=O) groups is 2. The highest BCUT2D eigenvalue weighted by molar-refractivity contribution is 5.88. The third-order valence-electron chi connectivity index (χ3n) is 6.04. The molecule has 0 bridgehead atoms. The highest BCUT2D eigenvalue weighted by Crippen LogP contribution is 2.19. The van der Waals surface area contributed by atoms with E-state index in [4.69, 9.17) is 4.74 Å². The van der Waals surface area contributed by atoms with Crippen LogP contribution in [-0.4, -0.2) is 18.2 Å². The molecule has 1 aromatic rings. The van der Waals surface area contributed by atoms with E-state index in [1.165, 1.54) is 56.9 Å². The van der Waals surface area contributed by atoms with E-state index in [9.17, 15) is 9.59 Å². The Morgan fingerprint density at radius 1 is 0.781 bits per heavy atom. The van der Waals surface area contributed by atoms with Crippen molar-refractivity contribution in [3.05, 3.63) is 35.4 Å². The van der Waals surface area contributed by atoms with Crippen molar-refractivity contribution < 1.29 is 29.1 Å². The maximum Gasteiger partial charge on any atom is 0.543 e. The van der Waals surface area contributed by atoms with Crippen molar-refractivity contribution in [2.75, 3.05) is 0 Å². The highest BCUT2D eigenvalue weighted by Gasteiger charge is 2.18. The van der Waals surface area contributed by atoms with E-state index in [1.807, 2.05) is 12.1 Å². The van der Waals surface area contributed by atoms with Gasteiger partial charge in [-0.2, -0.15) is 0 Å². The largest absolute Gasteiger partial charge is 0.543 e. The fraction of sp³-hybridized carbons (Fsp3) is 0.692. The van der Waals surface area contributed by atoms with Crippen LogP contribution in [0.3, 0.4) is 0 Å². The van der Waals surface area contributed by atoms with Crippen LogP contribution >= 0.6 is 0 Å². The van der Waals surface area contributed by atoms with Crippen LogP contribution in [0.2, 0.25) is 0 Å². The maximum atomic E-state index is 12.1. The molecule has 1 aromatic carbocycles. The molecule has 0 radical (unpaired) electrons. The molecule has 180 valence electrons. The first-order valence-corrected chi connectivity index (χ1v) is 12.5. The fourth-order valence-corrected chi connectivity index (χ4v) is 4.09. The number of rotatable bonds is 9. The van der Waals surface area contributed by atoms with Crippen LogP contribution in [0, 0.1) is 0 Å². The molecule has 0 atom stereocenters. The Morgan fingerprint density at radius 2 is 1.38 bits per heavy atom. The van der Waals surface area contributed by atoms with Gasteiger partial charge in [0.15, 0.2) is 0 Å². The molecule has 0 amide bonds. The topological polar surface area (TPSA) is 71.1 Å². The summed E-state index contributed by atoms with van der Waals surface area (Å²) >= 11 is 0. The summed E-state index contributed by atoms with van der Waals surface area (Å²) in [5.41, 5.74) is 1.51. The van der Waals surface area contributed by atoms with Crippen molar-refractivity contribution in [1.82, 2.24) is 0 Å². The summed E-state index contributed by atoms with van der Waals surface area (Å²) in [6.07, 6.45) is 17.0. The van der Waals surface area contributed by atoms with Gasteiger partial charge >= 0.3 is 12.1 Å². The van der Waals surface area contributed by atoms with E-state index in [0.717, 1.165) is 51.4 Å². The van der Waals surface area contributed by atoms with Crippen LogP contribution in [0.1, 0.15) is 119 Å². The molecule has 0 aliphatic heterocycles. The molecule has 0 heterocycles. The number of hydrogen-bond acceptors (Lipinski definition) is 6. The van der Waals surface area contributed by atoms with Gasteiger partial charge in [-0.05, 0) is 56.2 Å². The van der Waals surface area contributed by atoms with Crippen LogP contribution in [0.25, 0.3) is 0 Å². The molecule has 0 aromatic heterocycles. The second-order valence-corrected chi connectivity index (χ2v) is 8.78. The predicted molar refractivity (Wildman–Crippen MR) is 123 cm³/mol. The monoisotopic (exact) mass is 448 g/mol. The van der Waals surface area contributed by atoms with Crippen molar-refractivity contribution >= 4 is 12.1 Å². The molecule has 0 spiro atoms. The second kappa shape index (κ2) is 16.5. The summed E-state index contributed by atoms with van der Waals surface area (Å²) in [7, 11) is 0. The first-order chi connectivity index (χ1) is 15.7. The zero-order chi connectivity index (χ0) is 22.9. The van der Waals surface area contributed by atoms with Crippen molar-refractivity contribution in [1.29, 1.82) is 0 Å². The van der Waals surface area contributed by atoms with E-state index in [0.29, 0.717) is 5.56 Å². The van der Waals surface area contributed by atoms with Gasteiger partial charge in [0, 0.05) is 0 Å². The molecule has 0 N–H and O–H groups in total. The van der Waals surface area contributed by atoms with Crippen LogP contribution in [0.4, 0.5) is 4.79 Å². The standard InChI is InChI=1S/C26H40O6/c1-2-3-4-12-15-22-18-20-23(21-19-22)25(27)30-32-31-26(28)29-24-16-13-10-8-6-5-7-9-11-14-17-24/h18-21,24H,2-17H2,1H3. The zero-order valence-corrected chi connectivity index (χ0v) is 19.6. The summed E-state index contributed by atoms with van der Waals surface area (Å²) in [4.78, 5) is 33.1. The van der Waals surface area contributed by atoms with Crippen LogP contribution < -0.4 is 0 Å². The molecular weight excluding hydrogens is 408 g/mol. The van der Waals surface area contributed by atoms with E-state index >= 15 is 0 Å². The lowest BCUT2D eigenvalue weighted by Gasteiger charge is -2.17. The van der Waals surface area contributed by atoms with Crippen molar-refractivity contribution in [3.8, 4) is 0 Å². The van der Waals surface area contributed by atoms with Gasteiger partial charge < -0.3 is 4.74 Å². The Bertz CT molecular complexity index is 630. The van der Waals surface area contributed by atoms with E-state index < -0.39 is 12.1 Å². The zero-order valence-electron chi connectivity index (χ0n) is 19.6. The molecule has 1 fully saturated rings. The molecule has 1 saturated carbocycles. The molecule has 0 unspecified atom stereocenters. The van der Waals surface area contributed by atoms with Gasteiger partial charge in [0.2, 0.25) is 0 Å². The molecule has 6 nitrogen and oxygen atoms in total. The minimum absolute atomic E-state index is 0.189. The molecule has 1 aliphatic carbocycles. The Hall–Kier alpha value is -2.08. The lowest BCUT2D eigenvalue weighted by molar-refractivity contribution is -0.453. The normalized spacial score (nSPS) is 16.4. The number of carbonyl (C=O) groups excluding carboxylic acids is 2. The quantitative estimate of drug-likeness (QED) is 0.167. The van der Waals surface area contributed by atoms with E-state index in [1.54, 1.807) is 12.1 Å². The molecule has 1 aliphatic rings. The Morgan fingerprint density at radius 3 is 1.97 bits per heavy atom. The lowest BCUT2D eigenvalue weighted by atomic mass is 9.99. The average Bonchev–Trinajstić information content (AvgIpc) is 2.79. The summed E-state index contributed by atoms with van der Waals surface area (Å²) in [6, 6.07) is 7.18. The van der Waals surface area contributed by atoms with Gasteiger partial charge in [-0.15, -0.1) is 0 Å².